The number of hydrogen-bond donors (Lipinski definition) is 0. The van der Waals surface area contributed by atoms with Crippen molar-refractivity contribution < 1.29 is 4.74 Å². The Kier molecular flexibility index (Phi) is 3.91. The normalized spacial score (nSPS) is 31.3. The van der Waals surface area contributed by atoms with Gasteiger partial charge >= 0.3 is 0 Å². The summed E-state index contributed by atoms with van der Waals surface area (Å²) < 4.78 is 5.75. The molecule has 1 heterocycles. The largest absolute Gasteiger partial charge is 0.357 e. The molecule has 0 fully saturated rings. The van der Waals surface area contributed by atoms with Crippen LogP contribution >= 0.6 is 0 Å². The van der Waals surface area contributed by atoms with E-state index in [4.69, 9.17) is 4.74 Å². The fourth-order valence-corrected chi connectivity index (χ4v) is 3.26. The molecule has 2 heteroatoms. The van der Waals surface area contributed by atoms with Gasteiger partial charge in [-0.05, 0) is 43.6 Å². The SMILES string of the molecule is CCC1CCCC(C)C2=C1COCN2CC. The van der Waals surface area contributed by atoms with E-state index in [0.717, 1.165) is 31.7 Å². The van der Waals surface area contributed by atoms with Crippen molar-refractivity contribution in [3.63, 3.8) is 0 Å². The van der Waals surface area contributed by atoms with E-state index in [9.17, 15) is 0 Å². The first kappa shape index (κ1) is 12.0. The molecule has 2 nitrogen and oxygen atoms in total. The van der Waals surface area contributed by atoms with Gasteiger partial charge in [0.1, 0.15) is 6.73 Å². The Hall–Kier alpha value is -0.500. The lowest BCUT2D eigenvalue weighted by Gasteiger charge is -2.37. The van der Waals surface area contributed by atoms with Gasteiger partial charge in [0.2, 0.25) is 0 Å². The van der Waals surface area contributed by atoms with Crippen LogP contribution in [0.15, 0.2) is 11.3 Å². The Balaban J connectivity index is 2.33. The molecule has 0 aromatic heterocycles. The summed E-state index contributed by atoms with van der Waals surface area (Å²) >= 11 is 0. The van der Waals surface area contributed by atoms with Crippen molar-refractivity contribution in [2.45, 2.75) is 46.5 Å². The predicted octanol–water partition coefficient (Wildman–Crippen LogP) is 3.40. The molecule has 0 N–H and O–H groups in total. The third kappa shape index (κ3) is 2.13. The molecule has 0 saturated carbocycles. The average Bonchev–Trinajstić information content (AvgIpc) is 2.48. The highest BCUT2D eigenvalue weighted by molar-refractivity contribution is 5.22. The summed E-state index contributed by atoms with van der Waals surface area (Å²) in [7, 11) is 0. The van der Waals surface area contributed by atoms with Gasteiger partial charge in [0.25, 0.3) is 0 Å². The summed E-state index contributed by atoms with van der Waals surface area (Å²) in [4.78, 5) is 2.44. The molecule has 2 aliphatic rings. The van der Waals surface area contributed by atoms with E-state index in [1.54, 1.807) is 11.3 Å². The molecular weight excluding hydrogens is 198 g/mol. The van der Waals surface area contributed by atoms with Crippen LogP contribution in [0.5, 0.6) is 0 Å². The summed E-state index contributed by atoms with van der Waals surface area (Å²) in [6.45, 7) is 9.71. The molecule has 0 aromatic carbocycles. The van der Waals surface area contributed by atoms with Gasteiger partial charge in [-0.3, -0.25) is 0 Å². The van der Waals surface area contributed by atoms with E-state index < -0.39 is 0 Å². The molecule has 16 heavy (non-hydrogen) atoms. The molecule has 0 radical (unpaired) electrons. The fraction of sp³-hybridized carbons (Fsp3) is 0.857. The van der Waals surface area contributed by atoms with Gasteiger partial charge in [-0.1, -0.05) is 20.3 Å². The molecule has 0 saturated heterocycles. The Labute approximate surface area is 99.7 Å². The van der Waals surface area contributed by atoms with Crippen molar-refractivity contribution in [3.8, 4) is 0 Å². The van der Waals surface area contributed by atoms with Crippen LogP contribution in [-0.2, 0) is 4.74 Å². The fourth-order valence-electron chi connectivity index (χ4n) is 3.26. The van der Waals surface area contributed by atoms with Crippen molar-refractivity contribution >= 4 is 0 Å². The molecule has 0 aromatic rings. The Morgan fingerprint density at radius 1 is 1.31 bits per heavy atom. The maximum Gasteiger partial charge on any atom is 0.119 e. The summed E-state index contributed by atoms with van der Waals surface area (Å²) in [5, 5.41) is 0. The van der Waals surface area contributed by atoms with E-state index in [1.807, 2.05) is 0 Å². The van der Waals surface area contributed by atoms with Crippen LogP contribution in [0.4, 0.5) is 0 Å². The second-order valence-corrected chi connectivity index (χ2v) is 5.18. The Morgan fingerprint density at radius 2 is 2.12 bits per heavy atom. The molecular formula is C14H25NO. The average molecular weight is 223 g/mol. The predicted molar refractivity (Wildman–Crippen MR) is 67.0 cm³/mol. The van der Waals surface area contributed by atoms with Crippen molar-refractivity contribution in [2.75, 3.05) is 19.9 Å². The van der Waals surface area contributed by atoms with Crippen LogP contribution in [0.1, 0.15) is 46.5 Å². The van der Waals surface area contributed by atoms with E-state index in [-0.39, 0.29) is 0 Å². The topological polar surface area (TPSA) is 12.5 Å². The quantitative estimate of drug-likeness (QED) is 0.711. The lowest BCUT2D eigenvalue weighted by atomic mass is 9.90. The van der Waals surface area contributed by atoms with Gasteiger partial charge in [-0.25, -0.2) is 0 Å². The number of hydrogen-bond acceptors (Lipinski definition) is 2. The molecule has 2 rings (SSSR count). The zero-order valence-corrected chi connectivity index (χ0v) is 11.0. The number of rotatable bonds is 2. The van der Waals surface area contributed by atoms with Gasteiger partial charge in [-0.15, -0.1) is 0 Å². The summed E-state index contributed by atoms with van der Waals surface area (Å²) in [5.41, 5.74) is 3.23. The maximum atomic E-state index is 5.75. The minimum atomic E-state index is 0.732. The summed E-state index contributed by atoms with van der Waals surface area (Å²) in [6.07, 6.45) is 5.36. The first-order valence-electron chi connectivity index (χ1n) is 6.83. The Bertz CT molecular complexity index is 272. The lowest BCUT2D eigenvalue weighted by molar-refractivity contribution is 0.0308. The first-order chi connectivity index (χ1) is 7.77. The molecule has 0 spiro atoms. The highest BCUT2D eigenvalue weighted by Crippen LogP contribution is 2.37. The monoisotopic (exact) mass is 223 g/mol. The van der Waals surface area contributed by atoms with Crippen LogP contribution in [0.3, 0.4) is 0 Å². The van der Waals surface area contributed by atoms with Crippen LogP contribution in [0.2, 0.25) is 0 Å². The molecule has 92 valence electrons. The van der Waals surface area contributed by atoms with Gasteiger partial charge in [-0.2, -0.15) is 0 Å². The van der Waals surface area contributed by atoms with Crippen molar-refractivity contribution in [3.05, 3.63) is 11.3 Å². The minimum Gasteiger partial charge on any atom is -0.357 e. The van der Waals surface area contributed by atoms with E-state index in [1.165, 1.54) is 25.7 Å². The zero-order chi connectivity index (χ0) is 11.5. The van der Waals surface area contributed by atoms with Crippen LogP contribution in [-0.4, -0.2) is 24.8 Å². The third-order valence-corrected chi connectivity index (χ3v) is 4.20. The molecule has 1 aliphatic heterocycles. The molecule has 0 bridgehead atoms. The van der Waals surface area contributed by atoms with Crippen molar-refractivity contribution in [2.24, 2.45) is 11.8 Å². The van der Waals surface area contributed by atoms with E-state index >= 15 is 0 Å². The van der Waals surface area contributed by atoms with Crippen LogP contribution in [0, 0.1) is 11.8 Å². The van der Waals surface area contributed by atoms with Crippen LogP contribution < -0.4 is 0 Å². The summed E-state index contributed by atoms with van der Waals surface area (Å²) in [5.74, 6) is 1.50. The second kappa shape index (κ2) is 5.22. The zero-order valence-electron chi connectivity index (χ0n) is 11.0. The van der Waals surface area contributed by atoms with E-state index in [0.29, 0.717) is 0 Å². The maximum absolute atomic E-state index is 5.75. The standard InChI is InChI=1S/C14H25NO/c1-4-12-8-6-7-11(3)14-13(12)9-16-10-15(14)5-2/h11-12H,4-10H2,1-3H3. The first-order valence-corrected chi connectivity index (χ1v) is 6.83. The number of nitrogens with zero attached hydrogens (tertiary/aromatic N) is 1. The smallest absolute Gasteiger partial charge is 0.119 e. The Morgan fingerprint density at radius 3 is 2.81 bits per heavy atom. The van der Waals surface area contributed by atoms with Gasteiger partial charge < -0.3 is 9.64 Å². The third-order valence-electron chi connectivity index (χ3n) is 4.20. The van der Waals surface area contributed by atoms with Gasteiger partial charge in [0, 0.05) is 12.2 Å². The lowest BCUT2D eigenvalue weighted by Crippen LogP contribution is -2.35. The molecule has 2 unspecified atom stereocenters. The van der Waals surface area contributed by atoms with Crippen molar-refractivity contribution in [1.29, 1.82) is 0 Å². The number of allylic oxidation sites excluding steroid dienone is 1. The van der Waals surface area contributed by atoms with Crippen LogP contribution in [0.25, 0.3) is 0 Å². The van der Waals surface area contributed by atoms with Crippen molar-refractivity contribution in [1.82, 2.24) is 4.90 Å². The van der Waals surface area contributed by atoms with Gasteiger partial charge in [0.15, 0.2) is 0 Å². The highest BCUT2D eigenvalue weighted by Gasteiger charge is 2.30. The van der Waals surface area contributed by atoms with E-state index in [2.05, 4.69) is 25.7 Å². The van der Waals surface area contributed by atoms with Gasteiger partial charge in [0.05, 0.1) is 6.61 Å². The minimum absolute atomic E-state index is 0.732. The second-order valence-electron chi connectivity index (χ2n) is 5.18. The molecule has 0 amide bonds. The highest BCUT2D eigenvalue weighted by atomic mass is 16.5. The number of ether oxygens (including phenoxy) is 1. The molecule has 1 aliphatic carbocycles. The molecule has 2 atom stereocenters. The summed E-state index contributed by atoms with van der Waals surface area (Å²) in [6, 6.07) is 0.